The molecule has 1 heterocycles. The number of halogens is 1. The predicted octanol–water partition coefficient (Wildman–Crippen LogP) is 2.48. The number of aromatic nitrogens is 2. The minimum atomic E-state index is -0.399. The monoisotopic (exact) mass is 274 g/mol. The number of nitrogens with zero attached hydrogens (tertiary/aromatic N) is 3. The first kappa shape index (κ1) is 13.1. The summed E-state index contributed by atoms with van der Waals surface area (Å²) < 4.78 is 0. The summed E-state index contributed by atoms with van der Waals surface area (Å²) in [4.78, 5) is 19.8. The summed E-state index contributed by atoms with van der Waals surface area (Å²) in [6.07, 6.45) is 1.60. The molecule has 0 saturated heterocycles. The standard InChI is InChI=1S/C13H11ClN4O/c14-11-12(16-9-17-13(11)19)18(8-4-7-15)10-5-2-1-3-6-10/h1-3,5-6,9H,4,8H2,(H,16,17,19). The summed E-state index contributed by atoms with van der Waals surface area (Å²) >= 11 is 5.99. The average molecular weight is 275 g/mol. The van der Waals surface area contributed by atoms with Crippen molar-refractivity contribution in [2.24, 2.45) is 0 Å². The molecule has 1 aromatic carbocycles. The van der Waals surface area contributed by atoms with Crippen molar-refractivity contribution in [1.29, 1.82) is 5.26 Å². The third-order valence-corrected chi connectivity index (χ3v) is 2.89. The van der Waals surface area contributed by atoms with Crippen molar-refractivity contribution in [2.45, 2.75) is 6.42 Å². The van der Waals surface area contributed by atoms with Crippen LogP contribution in [0.25, 0.3) is 0 Å². The number of benzene rings is 1. The number of para-hydroxylation sites is 1. The van der Waals surface area contributed by atoms with Crippen molar-refractivity contribution in [3.8, 4) is 6.07 Å². The highest BCUT2D eigenvalue weighted by Crippen LogP contribution is 2.27. The number of aromatic amines is 1. The molecule has 0 radical (unpaired) electrons. The van der Waals surface area contributed by atoms with E-state index in [4.69, 9.17) is 16.9 Å². The summed E-state index contributed by atoms with van der Waals surface area (Å²) in [6, 6.07) is 11.4. The summed E-state index contributed by atoms with van der Waals surface area (Å²) in [5.41, 5.74) is 0.433. The van der Waals surface area contributed by atoms with Gasteiger partial charge in [0.1, 0.15) is 5.02 Å². The lowest BCUT2D eigenvalue weighted by Crippen LogP contribution is -2.22. The molecule has 19 heavy (non-hydrogen) atoms. The number of hydrogen-bond acceptors (Lipinski definition) is 4. The Labute approximate surface area is 115 Å². The number of rotatable bonds is 4. The first-order chi connectivity index (χ1) is 9.24. The van der Waals surface area contributed by atoms with E-state index < -0.39 is 5.56 Å². The van der Waals surface area contributed by atoms with E-state index in [0.29, 0.717) is 18.8 Å². The zero-order valence-corrected chi connectivity index (χ0v) is 10.8. The van der Waals surface area contributed by atoms with E-state index in [1.165, 1.54) is 6.33 Å². The first-order valence-corrected chi connectivity index (χ1v) is 6.04. The SMILES string of the molecule is N#CCCN(c1ccccc1)c1nc[nH]c(=O)c1Cl. The second kappa shape index (κ2) is 6.03. The van der Waals surface area contributed by atoms with Gasteiger partial charge in [-0.1, -0.05) is 29.8 Å². The van der Waals surface area contributed by atoms with Crippen molar-refractivity contribution in [3.05, 3.63) is 52.0 Å². The zero-order valence-electron chi connectivity index (χ0n) is 10.0. The lowest BCUT2D eigenvalue weighted by molar-refractivity contribution is 0.916. The van der Waals surface area contributed by atoms with Crippen LogP contribution in [0, 0.1) is 11.3 Å². The minimum absolute atomic E-state index is 0.0179. The number of nitriles is 1. The van der Waals surface area contributed by atoms with Gasteiger partial charge in [-0.25, -0.2) is 4.98 Å². The molecule has 2 rings (SSSR count). The van der Waals surface area contributed by atoms with Gasteiger partial charge >= 0.3 is 0 Å². The maximum absolute atomic E-state index is 11.5. The van der Waals surface area contributed by atoms with Crippen molar-refractivity contribution in [1.82, 2.24) is 9.97 Å². The average Bonchev–Trinajstić information content (AvgIpc) is 2.45. The van der Waals surface area contributed by atoms with Gasteiger partial charge in [-0.2, -0.15) is 5.26 Å². The molecule has 6 heteroatoms. The molecule has 2 aromatic rings. The molecule has 0 amide bonds. The van der Waals surface area contributed by atoms with E-state index in [1.807, 2.05) is 30.3 Å². The molecular weight excluding hydrogens is 264 g/mol. The Morgan fingerprint density at radius 1 is 1.37 bits per heavy atom. The van der Waals surface area contributed by atoms with Crippen LogP contribution in [0.4, 0.5) is 11.5 Å². The Hall–Kier alpha value is -2.32. The first-order valence-electron chi connectivity index (χ1n) is 5.66. The molecule has 0 aliphatic rings. The van der Waals surface area contributed by atoms with Gasteiger partial charge in [-0.3, -0.25) is 4.79 Å². The molecule has 96 valence electrons. The molecule has 0 spiro atoms. The highest BCUT2D eigenvalue weighted by atomic mass is 35.5. The molecule has 0 aliphatic heterocycles. The second-order valence-corrected chi connectivity index (χ2v) is 4.14. The van der Waals surface area contributed by atoms with Crippen LogP contribution in [-0.4, -0.2) is 16.5 Å². The fourth-order valence-electron chi connectivity index (χ4n) is 1.69. The number of anilines is 2. The van der Waals surface area contributed by atoms with Crippen LogP contribution < -0.4 is 10.5 Å². The van der Waals surface area contributed by atoms with Gasteiger partial charge in [0.15, 0.2) is 5.82 Å². The van der Waals surface area contributed by atoms with Gasteiger partial charge in [-0.05, 0) is 12.1 Å². The molecule has 0 unspecified atom stereocenters. The van der Waals surface area contributed by atoms with Crippen LogP contribution in [0.3, 0.4) is 0 Å². The van der Waals surface area contributed by atoms with Gasteiger partial charge in [0, 0.05) is 12.2 Å². The largest absolute Gasteiger partial charge is 0.324 e. The normalized spacial score (nSPS) is 9.89. The predicted molar refractivity (Wildman–Crippen MR) is 73.5 cm³/mol. The van der Waals surface area contributed by atoms with E-state index in [2.05, 4.69) is 16.0 Å². The van der Waals surface area contributed by atoms with Crippen LogP contribution in [0.1, 0.15) is 6.42 Å². The van der Waals surface area contributed by atoms with Gasteiger partial charge < -0.3 is 9.88 Å². The van der Waals surface area contributed by atoms with Gasteiger partial charge in [0.05, 0.1) is 18.8 Å². The van der Waals surface area contributed by atoms with Gasteiger partial charge in [0.25, 0.3) is 5.56 Å². The maximum Gasteiger partial charge on any atom is 0.271 e. The topological polar surface area (TPSA) is 72.8 Å². The Morgan fingerprint density at radius 2 is 2.11 bits per heavy atom. The summed E-state index contributed by atoms with van der Waals surface area (Å²) in [5, 5.41) is 8.75. The van der Waals surface area contributed by atoms with Crippen LogP contribution in [0.5, 0.6) is 0 Å². The number of nitrogens with one attached hydrogen (secondary N) is 1. The lowest BCUT2D eigenvalue weighted by Gasteiger charge is -2.23. The lowest BCUT2D eigenvalue weighted by atomic mass is 10.2. The quantitative estimate of drug-likeness (QED) is 0.929. The van der Waals surface area contributed by atoms with Crippen LogP contribution >= 0.6 is 11.6 Å². The Kier molecular flexibility index (Phi) is 4.16. The highest BCUT2D eigenvalue weighted by Gasteiger charge is 2.15. The Bertz CT molecular complexity index is 648. The third kappa shape index (κ3) is 2.92. The van der Waals surface area contributed by atoms with Crippen molar-refractivity contribution in [2.75, 3.05) is 11.4 Å². The van der Waals surface area contributed by atoms with Crippen LogP contribution in [-0.2, 0) is 0 Å². The van der Waals surface area contributed by atoms with Crippen molar-refractivity contribution in [3.63, 3.8) is 0 Å². The molecular formula is C13H11ClN4O. The third-order valence-electron chi connectivity index (χ3n) is 2.55. The maximum atomic E-state index is 11.5. The Morgan fingerprint density at radius 3 is 2.79 bits per heavy atom. The van der Waals surface area contributed by atoms with Crippen LogP contribution in [0.2, 0.25) is 5.02 Å². The van der Waals surface area contributed by atoms with Crippen molar-refractivity contribution >= 4 is 23.1 Å². The molecule has 0 aliphatic carbocycles. The molecule has 0 bridgehead atoms. The highest BCUT2D eigenvalue weighted by molar-refractivity contribution is 6.32. The summed E-state index contributed by atoms with van der Waals surface area (Å²) in [5.74, 6) is 0.354. The molecule has 1 aromatic heterocycles. The summed E-state index contributed by atoms with van der Waals surface area (Å²) in [7, 11) is 0. The fraction of sp³-hybridized carbons (Fsp3) is 0.154. The van der Waals surface area contributed by atoms with E-state index in [0.717, 1.165) is 5.69 Å². The molecule has 0 saturated carbocycles. The Balaban J connectivity index is 2.47. The minimum Gasteiger partial charge on any atom is -0.324 e. The van der Waals surface area contributed by atoms with E-state index >= 15 is 0 Å². The fourth-order valence-corrected chi connectivity index (χ4v) is 1.89. The smallest absolute Gasteiger partial charge is 0.271 e. The molecule has 0 atom stereocenters. The van der Waals surface area contributed by atoms with E-state index in [-0.39, 0.29) is 5.02 Å². The van der Waals surface area contributed by atoms with Gasteiger partial charge in [0.2, 0.25) is 0 Å². The number of H-pyrrole nitrogens is 1. The van der Waals surface area contributed by atoms with E-state index in [9.17, 15) is 4.79 Å². The molecule has 1 N–H and O–H groups in total. The molecule has 5 nitrogen and oxygen atoms in total. The zero-order chi connectivity index (χ0) is 13.7. The van der Waals surface area contributed by atoms with Crippen LogP contribution in [0.15, 0.2) is 41.5 Å². The van der Waals surface area contributed by atoms with Gasteiger partial charge in [-0.15, -0.1) is 0 Å². The molecule has 0 fully saturated rings. The van der Waals surface area contributed by atoms with E-state index in [1.54, 1.807) is 4.90 Å². The summed E-state index contributed by atoms with van der Waals surface area (Å²) in [6.45, 7) is 0.413. The second-order valence-electron chi connectivity index (χ2n) is 3.76. The number of hydrogen-bond donors (Lipinski definition) is 1. The van der Waals surface area contributed by atoms with Crippen molar-refractivity contribution < 1.29 is 0 Å².